The normalized spacial score (nSPS) is 20.9. The maximum Gasteiger partial charge on any atom is 0.0679 e. The van der Waals surface area contributed by atoms with Gasteiger partial charge in [-0.15, -0.1) is 0 Å². The molecule has 1 saturated heterocycles. The molecule has 0 radical (unpaired) electrons. The summed E-state index contributed by atoms with van der Waals surface area (Å²) in [7, 11) is 0. The molecule has 22 heavy (non-hydrogen) atoms. The van der Waals surface area contributed by atoms with E-state index in [1.165, 1.54) is 11.1 Å². The van der Waals surface area contributed by atoms with E-state index in [9.17, 15) is 5.11 Å². The van der Waals surface area contributed by atoms with Crippen molar-refractivity contribution >= 4 is 11.6 Å². The molecule has 1 N–H and O–H groups in total. The van der Waals surface area contributed by atoms with E-state index in [0.29, 0.717) is 6.04 Å². The summed E-state index contributed by atoms with van der Waals surface area (Å²) in [5.74, 6) is 0. The number of aliphatic hydroxyl groups excluding tert-OH is 1. The molecule has 0 spiro atoms. The van der Waals surface area contributed by atoms with Crippen LogP contribution in [-0.2, 0) is 5.41 Å². The Hall–Kier alpha value is -0.830. The van der Waals surface area contributed by atoms with Crippen molar-refractivity contribution in [1.82, 2.24) is 4.90 Å². The lowest BCUT2D eigenvalue weighted by Gasteiger charge is -2.34. The molecule has 122 valence electrons. The quantitative estimate of drug-likeness (QED) is 0.812. The van der Waals surface area contributed by atoms with E-state index < -0.39 is 0 Å². The number of aliphatic hydroxyl groups is 1. The van der Waals surface area contributed by atoms with E-state index in [2.05, 4.69) is 50.8 Å². The Balaban J connectivity index is 2.18. The van der Waals surface area contributed by atoms with Crippen LogP contribution in [0.3, 0.4) is 0 Å². The van der Waals surface area contributed by atoms with Crippen LogP contribution in [0.1, 0.15) is 46.1 Å². The van der Waals surface area contributed by atoms with Gasteiger partial charge in [0.15, 0.2) is 0 Å². The zero-order chi connectivity index (χ0) is 16.3. The van der Waals surface area contributed by atoms with Crippen LogP contribution in [-0.4, -0.2) is 35.2 Å². The second-order valence-electron chi connectivity index (χ2n) is 7.34. The lowest BCUT2D eigenvalue weighted by molar-refractivity contribution is 0.160. The molecule has 1 unspecified atom stereocenters. The second-order valence-corrected chi connectivity index (χ2v) is 7.78. The van der Waals surface area contributed by atoms with Gasteiger partial charge in [0, 0.05) is 24.2 Å². The van der Waals surface area contributed by atoms with E-state index in [0.717, 1.165) is 31.0 Å². The first-order valence-corrected chi connectivity index (χ1v) is 8.49. The minimum atomic E-state index is -0.174. The van der Waals surface area contributed by atoms with Crippen molar-refractivity contribution in [3.63, 3.8) is 0 Å². The van der Waals surface area contributed by atoms with Crippen LogP contribution in [0.4, 0.5) is 0 Å². The van der Waals surface area contributed by atoms with Crippen molar-refractivity contribution in [3.05, 3.63) is 46.5 Å². The maximum absolute atomic E-state index is 9.85. The summed E-state index contributed by atoms with van der Waals surface area (Å²) < 4.78 is 0. The SMILES string of the molecule is CC(C)=CC(CC(C)(C)c1ccc(Cl)cc1)N1CC[C@H](O)C1. The topological polar surface area (TPSA) is 23.5 Å². The molecule has 2 atom stereocenters. The Morgan fingerprint density at radius 3 is 2.50 bits per heavy atom. The molecule has 1 aliphatic rings. The summed E-state index contributed by atoms with van der Waals surface area (Å²) in [6, 6.07) is 8.55. The van der Waals surface area contributed by atoms with Gasteiger partial charge < -0.3 is 5.11 Å². The molecule has 2 rings (SSSR count). The molecule has 0 saturated carbocycles. The Kier molecular flexibility index (Phi) is 5.70. The van der Waals surface area contributed by atoms with Gasteiger partial charge in [0.05, 0.1) is 6.10 Å². The van der Waals surface area contributed by atoms with Gasteiger partial charge in [0.25, 0.3) is 0 Å². The Labute approximate surface area is 139 Å². The van der Waals surface area contributed by atoms with E-state index in [-0.39, 0.29) is 11.5 Å². The minimum Gasteiger partial charge on any atom is -0.392 e. The summed E-state index contributed by atoms with van der Waals surface area (Å²) in [4.78, 5) is 2.41. The molecular formula is C19H28ClNO. The van der Waals surface area contributed by atoms with Crippen LogP contribution in [0.15, 0.2) is 35.9 Å². The highest BCUT2D eigenvalue weighted by atomic mass is 35.5. The van der Waals surface area contributed by atoms with Crippen LogP contribution in [0.2, 0.25) is 5.02 Å². The zero-order valence-electron chi connectivity index (χ0n) is 14.1. The third-order valence-corrected chi connectivity index (χ3v) is 4.79. The molecule has 1 aromatic rings. The van der Waals surface area contributed by atoms with Gasteiger partial charge in [-0.3, -0.25) is 4.90 Å². The van der Waals surface area contributed by atoms with Crippen molar-refractivity contribution in [2.24, 2.45) is 0 Å². The van der Waals surface area contributed by atoms with Crippen molar-refractivity contribution in [2.75, 3.05) is 13.1 Å². The Morgan fingerprint density at radius 2 is 2.00 bits per heavy atom. The molecule has 1 heterocycles. The summed E-state index contributed by atoms with van der Waals surface area (Å²) in [5, 5.41) is 10.6. The molecule has 0 aliphatic carbocycles. The van der Waals surface area contributed by atoms with Gasteiger partial charge in [-0.1, -0.05) is 49.2 Å². The average molecular weight is 322 g/mol. The standard InChI is InChI=1S/C19H28ClNO/c1-14(2)11-17(21-10-9-18(22)13-21)12-19(3,4)15-5-7-16(20)8-6-15/h5-8,11,17-18,22H,9-10,12-13H2,1-4H3/t17?,18-/m0/s1. The number of allylic oxidation sites excluding steroid dienone is 1. The van der Waals surface area contributed by atoms with Gasteiger partial charge in [-0.25, -0.2) is 0 Å². The molecule has 1 fully saturated rings. The van der Waals surface area contributed by atoms with Crippen molar-refractivity contribution < 1.29 is 5.11 Å². The third kappa shape index (κ3) is 4.58. The van der Waals surface area contributed by atoms with E-state index in [1.807, 2.05) is 12.1 Å². The predicted molar refractivity (Wildman–Crippen MR) is 94.5 cm³/mol. The molecular weight excluding hydrogens is 294 g/mol. The van der Waals surface area contributed by atoms with Gasteiger partial charge in [0.1, 0.15) is 0 Å². The molecule has 0 aromatic heterocycles. The molecule has 2 nitrogen and oxygen atoms in total. The lowest BCUT2D eigenvalue weighted by Crippen LogP contribution is -2.37. The first kappa shape index (κ1) is 17.5. The molecule has 0 amide bonds. The molecule has 1 aromatic carbocycles. The summed E-state index contributed by atoms with van der Waals surface area (Å²) in [6.07, 6.45) is 4.09. The molecule has 3 heteroatoms. The Morgan fingerprint density at radius 1 is 1.36 bits per heavy atom. The second kappa shape index (κ2) is 7.16. The number of likely N-dealkylation sites (tertiary alicyclic amines) is 1. The predicted octanol–water partition coefficient (Wildman–Crippen LogP) is 4.41. The highest BCUT2D eigenvalue weighted by Crippen LogP contribution is 2.32. The number of nitrogens with zero attached hydrogens (tertiary/aromatic N) is 1. The summed E-state index contributed by atoms with van der Waals surface area (Å²) in [6.45, 7) is 10.6. The number of β-amino-alcohol motifs (C(OH)–C–C–N with tert-alkyl or cyclic N) is 1. The lowest BCUT2D eigenvalue weighted by atomic mass is 9.78. The van der Waals surface area contributed by atoms with Gasteiger partial charge >= 0.3 is 0 Å². The van der Waals surface area contributed by atoms with Crippen LogP contribution in [0.25, 0.3) is 0 Å². The van der Waals surface area contributed by atoms with Gasteiger partial charge in [-0.2, -0.15) is 0 Å². The zero-order valence-corrected chi connectivity index (χ0v) is 14.9. The van der Waals surface area contributed by atoms with E-state index >= 15 is 0 Å². The van der Waals surface area contributed by atoms with Crippen LogP contribution in [0, 0.1) is 0 Å². The maximum atomic E-state index is 9.85. The monoisotopic (exact) mass is 321 g/mol. The number of benzene rings is 1. The summed E-state index contributed by atoms with van der Waals surface area (Å²) >= 11 is 6.01. The average Bonchev–Trinajstić information content (AvgIpc) is 2.84. The van der Waals surface area contributed by atoms with Crippen LogP contribution < -0.4 is 0 Å². The first-order chi connectivity index (χ1) is 10.3. The number of halogens is 1. The van der Waals surface area contributed by atoms with Crippen molar-refractivity contribution in [2.45, 2.75) is 58.1 Å². The highest BCUT2D eigenvalue weighted by Gasteiger charge is 2.31. The molecule has 0 bridgehead atoms. The number of rotatable bonds is 5. The van der Waals surface area contributed by atoms with Gasteiger partial charge in [0.2, 0.25) is 0 Å². The van der Waals surface area contributed by atoms with Crippen LogP contribution in [0.5, 0.6) is 0 Å². The minimum absolute atomic E-state index is 0.0642. The highest BCUT2D eigenvalue weighted by molar-refractivity contribution is 6.30. The van der Waals surface area contributed by atoms with Crippen LogP contribution >= 0.6 is 11.6 Å². The largest absolute Gasteiger partial charge is 0.392 e. The fraction of sp³-hybridized carbons (Fsp3) is 0.579. The summed E-state index contributed by atoms with van der Waals surface area (Å²) in [5.41, 5.74) is 2.71. The third-order valence-electron chi connectivity index (χ3n) is 4.53. The Bertz CT molecular complexity index is 517. The van der Waals surface area contributed by atoms with E-state index in [4.69, 9.17) is 11.6 Å². The number of hydrogen-bond acceptors (Lipinski definition) is 2. The van der Waals surface area contributed by atoms with E-state index in [1.54, 1.807) is 0 Å². The van der Waals surface area contributed by atoms with Crippen molar-refractivity contribution in [3.8, 4) is 0 Å². The van der Waals surface area contributed by atoms with Gasteiger partial charge in [-0.05, 0) is 49.8 Å². The fourth-order valence-corrected chi connectivity index (χ4v) is 3.42. The fourth-order valence-electron chi connectivity index (χ4n) is 3.29. The van der Waals surface area contributed by atoms with Crippen molar-refractivity contribution in [1.29, 1.82) is 0 Å². The number of hydrogen-bond donors (Lipinski definition) is 1. The smallest absolute Gasteiger partial charge is 0.0679 e. The molecule has 1 aliphatic heterocycles. The first-order valence-electron chi connectivity index (χ1n) is 8.11.